The van der Waals surface area contributed by atoms with E-state index in [1.807, 2.05) is 0 Å². The van der Waals surface area contributed by atoms with Crippen molar-refractivity contribution in [2.75, 3.05) is 24.7 Å². The minimum atomic E-state index is -10.3. The lowest BCUT2D eigenvalue weighted by atomic mass is 9.91. The summed E-state index contributed by atoms with van der Waals surface area (Å²) < 4.78 is 143. The van der Waals surface area contributed by atoms with Crippen molar-refractivity contribution in [3.05, 3.63) is 48.3 Å². The number of nitriles is 1. The van der Waals surface area contributed by atoms with Crippen molar-refractivity contribution in [2.24, 2.45) is 0 Å². The summed E-state index contributed by atoms with van der Waals surface area (Å²) in [5.41, 5.74) is -1.64. The number of aromatic nitrogens is 1. The Balaban J connectivity index is 1.90. The summed E-state index contributed by atoms with van der Waals surface area (Å²) in [5, 5.41) is 11.9. The molecule has 2 unspecified atom stereocenters. The van der Waals surface area contributed by atoms with E-state index in [2.05, 4.69) is 10.3 Å². The quantitative estimate of drug-likeness (QED) is 0.227. The SMILES string of the molecule is N#CN1CCOCC1C(=O)N(c1ccc(S(F)(F)(F)(F)F)cc1)C(C(=O)NC1CCC(F)(F)CC1)c1cnccc1S(F)(F)F. The number of anilines is 1. The number of rotatable bonds is 8. The van der Waals surface area contributed by atoms with Gasteiger partial charge >= 0.3 is 10.2 Å². The monoisotopic (exact) mass is 697 g/mol. The molecule has 4 rings (SSSR count). The van der Waals surface area contributed by atoms with Crippen LogP contribution in [0, 0.1) is 11.5 Å². The number of morpholine rings is 1. The van der Waals surface area contributed by atoms with E-state index in [1.54, 1.807) is 6.19 Å². The van der Waals surface area contributed by atoms with Gasteiger partial charge in [0.05, 0.1) is 24.7 Å². The zero-order valence-electron chi connectivity index (χ0n) is 22.8. The van der Waals surface area contributed by atoms with Crippen molar-refractivity contribution in [3.8, 4) is 6.19 Å². The highest BCUT2D eigenvalue weighted by atomic mass is 32.5. The summed E-state index contributed by atoms with van der Waals surface area (Å²) >= 11 is -6.17. The Kier molecular flexibility index (Phi) is 8.74. The van der Waals surface area contributed by atoms with Crippen molar-refractivity contribution in [3.63, 3.8) is 0 Å². The first-order chi connectivity index (χ1) is 20.6. The highest BCUT2D eigenvalue weighted by Gasteiger charge is 2.65. The van der Waals surface area contributed by atoms with Gasteiger partial charge in [-0.1, -0.05) is 19.4 Å². The average Bonchev–Trinajstić information content (AvgIpc) is 2.95. The number of alkyl halides is 2. The van der Waals surface area contributed by atoms with Gasteiger partial charge in [-0.15, -0.1) is 11.7 Å². The Morgan fingerprint density at radius 2 is 1.71 bits per heavy atom. The molecular formula is C25H25F10N5O3S2. The van der Waals surface area contributed by atoms with Gasteiger partial charge in [-0.05, 0) is 43.2 Å². The second kappa shape index (κ2) is 11.4. The van der Waals surface area contributed by atoms with Crippen molar-refractivity contribution in [2.45, 2.75) is 59.5 Å². The van der Waals surface area contributed by atoms with Gasteiger partial charge in [0.1, 0.15) is 17.0 Å². The van der Waals surface area contributed by atoms with Gasteiger partial charge in [-0.25, -0.2) is 8.78 Å². The molecule has 2 aliphatic rings. The molecule has 20 heteroatoms. The van der Waals surface area contributed by atoms with Crippen LogP contribution in [0.25, 0.3) is 0 Å². The first-order valence-electron chi connectivity index (χ1n) is 13.1. The van der Waals surface area contributed by atoms with Crippen LogP contribution in [0.4, 0.5) is 45.6 Å². The average molecular weight is 698 g/mol. The molecule has 0 spiro atoms. The molecule has 2 heterocycles. The van der Waals surface area contributed by atoms with E-state index >= 15 is 0 Å². The maximum absolute atomic E-state index is 14.3. The second-order valence-corrected chi connectivity index (χ2v) is 14.1. The molecule has 2 fully saturated rings. The summed E-state index contributed by atoms with van der Waals surface area (Å²) in [6.45, 7) is -0.749. The third kappa shape index (κ3) is 8.05. The third-order valence-corrected chi connectivity index (χ3v) is 9.30. The number of nitrogens with zero attached hydrogens (tertiary/aromatic N) is 4. The highest BCUT2D eigenvalue weighted by Crippen LogP contribution is 3.02. The number of carbonyl (C=O) groups excluding carboxylic acids is 2. The Bertz CT molecular complexity index is 1480. The fraction of sp³-hybridized carbons (Fsp3) is 0.440. The molecule has 250 valence electrons. The Morgan fingerprint density at radius 1 is 1.09 bits per heavy atom. The first kappa shape index (κ1) is 34.4. The number of amides is 2. The van der Waals surface area contributed by atoms with E-state index in [0.29, 0.717) is 29.3 Å². The van der Waals surface area contributed by atoms with Crippen LogP contribution in [-0.4, -0.2) is 59.5 Å². The Labute approximate surface area is 252 Å². The summed E-state index contributed by atoms with van der Waals surface area (Å²) in [4.78, 5) is 29.0. The van der Waals surface area contributed by atoms with Crippen molar-refractivity contribution in [1.82, 2.24) is 15.2 Å². The van der Waals surface area contributed by atoms with Crippen LogP contribution in [0.15, 0.2) is 52.5 Å². The van der Waals surface area contributed by atoms with Gasteiger partial charge in [0.25, 0.3) is 5.91 Å². The normalized spacial score (nSPS) is 21.9. The van der Waals surface area contributed by atoms with Gasteiger partial charge in [-0.3, -0.25) is 24.4 Å². The van der Waals surface area contributed by atoms with E-state index in [-0.39, 0.29) is 38.1 Å². The topological polar surface area (TPSA) is 98.6 Å². The van der Waals surface area contributed by atoms with Crippen molar-refractivity contribution in [1.29, 1.82) is 5.26 Å². The third-order valence-electron chi connectivity index (χ3n) is 7.26. The fourth-order valence-electron chi connectivity index (χ4n) is 5.03. The minimum absolute atomic E-state index is 0.0453. The summed E-state index contributed by atoms with van der Waals surface area (Å²) in [6, 6.07) is -3.85. The summed E-state index contributed by atoms with van der Waals surface area (Å²) in [6.07, 6.45) is 1.15. The van der Waals surface area contributed by atoms with E-state index in [4.69, 9.17) is 4.74 Å². The molecule has 1 aliphatic heterocycles. The zero-order chi connectivity index (χ0) is 33.5. The van der Waals surface area contributed by atoms with Crippen LogP contribution in [0.5, 0.6) is 0 Å². The van der Waals surface area contributed by atoms with Crippen LogP contribution < -0.4 is 10.2 Å². The first-order valence-corrected chi connectivity index (χ1v) is 16.4. The smallest absolute Gasteiger partial charge is 0.310 e. The maximum atomic E-state index is 14.3. The van der Waals surface area contributed by atoms with Crippen molar-refractivity contribution < 1.29 is 54.2 Å². The predicted molar refractivity (Wildman–Crippen MR) is 144 cm³/mol. The van der Waals surface area contributed by atoms with Crippen molar-refractivity contribution >= 4 is 38.9 Å². The lowest BCUT2D eigenvalue weighted by Crippen LogP contribution is -2.56. The molecule has 2 atom stereocenters. The lowest BCUT2D eigenvalue weighted by Gasteiger charge is -2.41. The minimum Gasteiger partial charge on any atom is -0.377 e. The lowest BCUT2D eigenvalue weighted by molar-refractivity contribution is -0.132. The maximum Gasteiger partial charge on any atom is 0.310 e. The number of pyridine rings is 1. The molecule has 1 saturated heterocycles. The van der Waals surface area contributed by atoms with Gasteiger partial charge in [0.15, 0.2) is 6.19 Å². The van der Waals surface area contributed by atoms with Crippen LogP contribution in [0.3, 0.4) is 0 Å². The summed E-state index contributed by atoms with van der Waals surface area (Å²) in [5.74, 6) is -5.68. The number of carbonyl (C=O) groups is 2. The van der Waals surface area contributed by atoms with Crippen LogP contribution >= 0.6 is 21.4 Å². The molecule has 1 N–H and O–H groups in total. The molecule has 45 heavy (non-hydrogen) atoms. The molecular weight excluding hydrogens is 672 g/mol. The van der Waals surface area contributed by atoms with Gasteiger partial charge in [0, 0.05) is 42.5 Å². The number of halogens is 10. The van der Waals surface area contributed by atoms with Crippen LogP contribution in [0.1, 0.15) is 37.3 Å². The molecule has 1 aromatic carbocycles. The fourth-order valence-corrected chi connectivity index (χ4v) is 6.33. The molecule has 1 saturated carbocycles. The van der Waals surface area contributed by atoms with E-state index in [1.165, 1.54) is 0 Å². The predicted octanol–water partition coefficient (Wildman–Crippen LogP) is 7.51. The highest BCUT2D eigenvalue weighted by molar-refractivity contribution is 8.45. The number of nitrogens with one attached hydrogen (secondary N) is 1. The van der Waals surface area contributed by atoms with E-state index in [9.17, 15) is 54.7 Å². The Morgan fingerprint density at radius 3 is 2.27 bits per heavy atom. The largest absolute Gasteiger partial charge is 0.377 e. The van der Waals surface area contributed by atoms with Gasteiger partial charge < -0.3 is 10.1 Å². The van der Waals surface area contributed by atoms with Gasteiger partial charge in [-0.2, -0.15) is 5.26 Å². The van der Waals surface area contributed by atoms with Crippen LogP contribution in [0.2, 0.25) is 0 Å². The number of ether oxygens (including phenoxy) is 1. The zero-order valence-corrected chi connectivity index (χ0v) is 24.5. The molecule has 1 aliphatic carbocycles. The molecule has 0 bridgehead atoms. The van der Waals surface area contributed by atoms with Crippen LogP contribution in [-0.2, 0) is 14.3 Å². The number of hydrogen-bond donors (Lipinski definition) is 1. The Hall–Kier alpha value is -3.44. The van der Waals surface area contributed by atoms with E-state index < -0.39 is 97.8 Å². The van der Waals surface area contributed by atoms with E-state index in [0.717, 1.165) is 11.1 Å². The van der Waals surface area contributed by atoms with Gasteiger partial charge in [0.2, 0.25) is 23.0 Å². The molecule has 2 aromatic rings. The summed E-state index contributed by atoms with van der Waals surface area (Å²) in [7, 11) is -10.3. The molecule has 0 radical (unpaired) electrons. The molecule has 2 amide bonds. The molecule has 8 nitrogen and oxygen atoms in total. The number of benzene rings is 1. The standard InChI is InChI=1S/C25H25F10N5O3S2/c26-25(27)8-5-16(6-9-25)38-23(41)22(19-13-37-10-7-21(19)44(28,29)30)40(24(42)20-14-43-12-11-39(20)15-36)17-1-3-18(4-2-17)45(31,32,33,34)35/h1-4,7,10,13,16,20,22H,5-6,8-9,11-12,14H2,(H,38,41). The number of hydrogen-bond acceptors (Lipinski definition) is 6. The second-order valence-electron chi connectivity index (χ2n) is 10.4. The molecule has 1 aromatic heterocycles.